The fourth-order valence-corrected chi connectivity index (χ4v) is 2.98. The number of hydrogen-bond acceptors (Lipinski definition) is 4. The number of hydrogen-bond donors (Lipinski definition) is 1. The Morgan fingerprint density at radius 2 is 2.05 bits per heavy atom. The zero-order chi connectivity index (χ0) is 15.9. The maximum Gasteiger partial charge on any atom is 0.327 e. The van der Waals surface area contributed by atoms with E-state index >= 15 is 0 Å². The Kier molecular flexibility index (Phi) is 7.67. The molecule has 0 aromatic rings. The number of nitrogens with one attached hydrogen (secondary N) is 1. The number of esters is 1. The maximum atomic E-state index is 12.6. The summed E-state index contributed by atoms with van der Waals surface area (Å²) in [5.74, 6) is 0.356. The van der Waals surface area contributed by atoms with Gasteiger partial charge in [-0.1, -0.05) is 20.3 Å². The smallest absolute Gasteiger partial charge is 0.327 e. The molecule has 0 aliphatic heterocycles. The van der Waals surface area contributed by atoms with Crippen LogP contribution in [0, 0.1) is 5.92 Å². The molecule has 0 radical (unpaired) electrons. The van der Waals surface area contributed by atoms with Gasteiger partial charge in [-0.05, 0) is 59.0 Å². The third kappa shape index (κ3) is 4.68. The van der Waals surface area contributed by atoms with Crippen LogP contribution < -0.4 is 5.32 Å². The largest absolute Gasteiger partial charge is 0.465 e. The van der Waals surface area contributed by atoms with Crippen LogP contribution in [-0.4, -0.2) is 49.2 Å². The Morgan fingerprint density at radius 1 is 1.38 bits per heavy atom. The van der Waals surface area contributed by atoms with Crippen molar-refractivity contribution in [2.45, 2.75) is 71.4 Å². The Labute approximate surface area is 130 Å². The van der Waals surface area contributed by atoms with Crippen molar-refractivity contribution in [3.63, 3.8) is 0 Å². The lowest BCUT2D eigenvalue weighted by molar-refractivity contribution is -0.153. The highest BCUT2D eigenvalue weighted by molar-refractivity contribution is 5.82. The van der Waals surface area contributed by atoms with Crippen LogP contribution in [0.25, 0.3) is 0 Å². The second kappa shape index (κ2) is 8.74. The molecule has 0 saturated heterocycles. The molecule has 4 heteroatoms. The van der Waals surface area contributed by atoms with E-state index < -0.39 is 5.54 Å². The molecule has 2 atom stereocenters. The lowest BCUT2D eigenvalue weighted by atomic mass is 9.91. The molecule has 0 aromatic carbocycles. The highest BCUT2D eigenvalue weighted by atomic mass is 16.5. The molecule has 0 bridgehead atoms. The first-order valence-electron chi connectivity index (χ1n) is 8.65. The van der Waals surface area contributed by atoms with E-state index in [0.717, 1.165) is 32.4 Å². The molecule has 1 rings (SSSR count). The second-order valence-electron chi connectivity index (χ2n) is 6.30. The molecule has 21 heavy (non-hydrogen) atoms. The molecule has 124 valence electrons. The number of carbonyl (C=O) groups excluding carboxylic acids is 1. The summed E-state index contributed by atoms with van der Waals surface area (Å²) in [7, 11) is 1.91. The predicted octanol–water partition coefficient (Wildman–Crippen LogP) is 2.82. The van der Waals surface area contributed by atoms with E-state index in [0.29, 0.717) is 18.6 Å². The number of carbonyl (C=O) groups is 1. The lowest BCUT2D eigenvalue weighted by Gasteiger charge is -2.39. The second-order valence-corrected chi connectivity index (χ2v) is 6.30. The van der Waals surface area contributed by atoms with Crippen LogP contribution in [0.5, 0.6) is 0 Å². The van der Waals surface area contributed by atoms with Crippen LogP contribution in [0.2, 0.25) is 0 Å². The van der Waals surface area contributed by atoms with Crippen LogP contribution in [-0.2, 0) is 9.53 Å². The molecule has 1 saturated carbocycles. The van der Waals surface area contributed by atoms with Gasteiger partial charge in [0.25, 0.3) is 0 Å². The van der Waals surface area contributed by atoms with E-state index in [1.807, 2.05) is 14.0 Å². The van der Waals surface area contributed by atoms with Crippen molar-refractivity contribution in [2.24, 2.45) is 5.92 Å². The quantitative estimate of drug-likeness (QED) is 0.596. The summed E-state index contributed by atoms with van der Waals surface area (Å²) in [5, 5.41) is 3.33. The van der Waals surface area contributed by atoms with Crippen LogP contribution >= 0.6 is 0 Å². The molecule has 1 aliphatic rings. The number of nitrogens with zero attached hydrogens (tertiary/aromatic N) is 1. The summed E-state index contributed by atoms with van der Waals surface area (Å²) in [4.78, 5) is 15.1. The van der Waals surface area contributed by atoms with Gasteiger partial charge in [0, 0.05) is 12.6 Å². The highest BCUT2D eigenvalue weighted by Crippen LogP contribution is 2.41. The Hall–Kier alpha value is -0.610. The monoisotopic (exact) mass is 298 g/mol. The summed E-state index contributed by atoms with van der Waals surface area (Å²) in [6.07, 6.45) is 5.72. The summed E-state index contributed by atoms with van der Waals surface area (Å²) in [6.45, 7) is 10.8. The van der Waals surface area contributed by atoms with Gasteiger partial charge in [-0.25, -0.2) is 4.79 Å². The van der Waals surface area contributed by atoms with Crippen molar-refractivity contribution in [3.05, 3.63) is 0 Å². The predicted molar refractivity (Wildman–Crippen MR) is 87.4 cm³/mol. The van der Waals surface area contributed by atoms with Gasteiger partial charge in [-0.3, -0.25) is 4.90 Å². The van der Waals surface area contributed by atoms with Crippen molar-refractivity contribution >= 4 is 5.97 Å². The Morgan fingerprint density at radius 3 is 2.48 bits per heavy atom. The van der Waals surface area contributed by atoms with E-state index in [1.165, 1.54) is 12.8 Å². The number of rotatable bonds is 11. The zero-order valence-electron chi connectivity index (χ0n) is 14.6. The fourth-order valence-electron chi connectivity index (χ4n) is 2.98. The first-order chi connectivity index (χ1) is 10.1. The van der Waals surface area contributed by atoms with E-state index in [9.17, 15) is 4.79 Å². The highest BCUT2D eigenvalue weighted by Gasteiger charge is 2.52. The molecule has 2 unspecified atom stereocenters. The van der Waals surface area contributed by atoms with Gasteiger partial charge in [-0.2, -0.15) is 0 Å². The summed E-state index contributed by atoms with van der Waals surface area (Å²) in [5.41, 5.74) is -0.521. The maximum absolute atomic E-state index is 12.6. The molecule has 1 N–H and O–H groups in total. The van der Waals surface area contributed by atoms with Crippen molar-refractivity contribution in [1.82, 2.24) is 10.2 Å². The third-order valence-electron chi connectivity index (χ3n) is 4.83. The molecule has 0 amide bonds. The minimum absolute atomic E-state index is 0.0696. The molecular formula is C17H34N2O2. The normalized spacial score (nSPS) is 19.3. The molecule has 4 nitrogen and oxygen atoms in total. The standard InChI is InChI=1S/C17H34N2O2/c1-6-9-12-19(14(4)7-2)13-17(18-5,15-10-11-15)16(20)21-8-3/h14-15,18H,6-13H2,1-5H3. The first kappa shape index (κ1) is 18.4. The van der Waals surface area contributed by atoms with E-state index in [4.69, 9.17) is 4.74 Å². The van der Waals surface area contributed by atoms with Gasteiger partial charge in [0.15, 0.2) is 0 Å². The van der Waals surface area contributed by atoms with Gasteiger partial charge in [0.2, 0.25) is 0 Å². The van der Waals surface area contributed by atoms with Crippen molar-refractivity contribution < 1.29 is 9.53 Å². The summed E-state index contributed by atoms with van der Waals surface area (Å²) >= 11 is 0. The fraction of sp³-hybridized carbons (Fsp3) is 0.941. The molecule has 0 spiro atoms. The van der Waals surface area contributed by atoms with Gasteiger partial charge < -0.3 is 10.1 Å². The number of unbranched alkanes of at least 4 members (excludes halogenated alkanes) is 1. The van der Waals surface area contributed by atoms with Crippen LogP contribution in [0.3, 0.4) is 0 Å². The molecular weight excluding hydrogens is 264 g/mol. The average Bonchev–Trinajstić information content (AvgIpc) is 3.32. The zero-order valence-corrected chi connectivity index (χ0v) is 14.6. The Balaban J connectivity index is 2.87. The Bertz CT molecular complexity index is 318. The molecule has 0 aromatic heterocycles. The number of ether oxygens (including phenoxy) is 1. The van der Waals surface area contributed by atoms with Gasteiger partial charge in [0.05, 0.1) is 6.61 Å². The van der Waals surface area contributed by atoms with E-state index in [2.05, 4.69) is 31.0 Å². The molecule has 1 aliphatic carbocycles. The minimum atomic E-state index is -0.521. The SMILES string of the molecule is CCCCN(CC(NC)(C(=O)OCC)C1CC1)C(C)CC. The first-order valence-corrected chi connectivity index (χ1v) is 8.65. The van der Waals surface area contributed by atoms with Gasteiger partial charge in [-0.15, -0.1) is 0 Å². The van der Waals surface area contributed by atoms with Gasteiger partial charge in [0.1, 0.15) is 5.54 Å². The van der Waals surface area contributed by atoms with E-state index in [-0.39, 0.29) is 5.97 Å². The van der Waals surface area contributed by atoms with Crippen molar-refractivity contribution in [2.75, 3.05) is 26.7 Å². The molecule has 1 fully saturated rings. The van der Waals surface area contributed by atoms with Crippen molar-refractivity contribution in [1.29, 1.82) is 0 Å². The van der Waals surface area contributed by atoms with Crippen LogP contribution in [0.15, 0.2) is 0 Å². The summed E-state index contributed by atoms with van der Waals surface area (Å²) in [6, 6.07) is 0.498. The lowest BCUT2D eigenvalue weighted by Crippen LogP contribution is -2.61. The topological polar surface area (TPSA) is 41.6 Å². The average molecular weight is 298 g/mol. The number of likely N-dealkylation sites (N-methyl/N-ethyl adjacent to an activating group) is 1. The van der Waals surface area contributed by atoms with Crippen LogP contribution in [0.1, 0.15) is 59.8 Å². The summed E-state index contributed by atoms with van der Waals surface area (Å²) < 4.78 is 5.39. The van der Waals surface area contributed by atoms with Crippen LogP contribution in [0.4, 0.5) is 0 Å². The van der Waals surface area contributed by atoms with Gasteiger partial charge >= 0.3 is 5.97 Å². The third-order valence-corrected chi connectivity index (χ3v) is 4.83. The van der Waals surface area contributed by atoms with Crippen molar-refractivity contribution in [3.8, 4) is 0 Å². The molecule has 0 heterocycles. The van der Waals surface area contributed by atoms with E-state index in [1.54, 1.807) is 0 Å². The minimum Gasteiger partial charge on any atom is -0.465 e.